The summed E-state index contributed by atoms with van der Waals surface area (Å²) in [6.45, 7) is 25.9. The average molecular weight is 549 g/mol. The summed E-state index contributed by atoms with van der Waals surface area (Å²) in [6.07, 6.45) is 9.69. The van der Waals surface area contributed by atoms with Gasteiger partial charge in [0, 0.05) is 25.3 Å². The average Bonchev–Trinajstić information content (AvgIpc) is 2.89. The molecular formula is C33H54F2N2O2. The molecule has 6 heteroatoms. The monoisotopic (exact) mass is 548 g/mol. The summed E-state index contributed by atoms with van der Waals surface area (Å²) >= 11 is 0. The number of nitrogens with zero attached hydrogens (tertiary/aromatic N) is 2. The van der Waals surface area contributed by atoms with Crippen molar-refractivity contribution < 1.29 is 18.7 Å². The minimum atomic E-state index is -1.13. The molecule has 0 aliphatic rings. The molecule has 0 spiro atoms. The number of carbonyl (C=O) groups excluding carboxylic acids is 1. The maximum absolute atomic E-state index is 14.5. The van der Waals surface area contributed by atoms with Crippen molar-refractivity contribution in [3.8, 4) is 0 Å². The van der Waals surface area contributed by atoms with Crippen molar-refractivity contribution >= 4 is 18.1 Å². The number of Topliss-reactive ketones (excluding diaryl/α,β-unsaturated/α-hetero) is 1. The number of allylic oxidation sites excluding steroid dienone is 3. The molecule has 0 bridgehead atoms. The molecule has 222 valence electrons. The predicted octanol–water partition coefficient (Wildman–Crippen LogP) is 9.40. The third-order valence-corrected chi connectivity index (χ3v) is 6.32. The number of carbonyl (C=O) groups is 1. The Hall–Kier alpha value is -2.60. The van der Waals surface area contributed by atoms with E-state index in [-0.39, 0.29) is 11.1 Å². The summed E-state index contributed by atoms with van der Waals surface area (Å²) < 4.78 is 28.8. The molecule has 0 amide bonds. The van der Waals surface area contributed by atoms with Crippen LogP contribution in [0.1, 0.15) is 117 Å². The van der Waals surface area contributed by atoms with Gasteiger partial charge >= 0.3 is 0 Å². The molecule has 1 N–H and O–H groups in total. The van der Waals surface area contributed by atoms with Crippen molar-refractivity contribution in [2.24, 2.45) is 10.4 Å². The van der Waals surface area contributed by atoms with Crippen molar-refractivity contribution in [3.05, 3.63) is 65.0 Å². The number of hydrogen-bond acceptors (Lipinski definition) is 4. The zero-order valence-electron chi connectivity index (χ0n) is 26.3. The first kappa shape index (κ1) is 38.5. The van der Waals surface area contributed by atoms with Gasteiger partial charge in [-0.3, -0.25) is 9.79 Å². The van der Waals surface area contributed by atoms with Gasteiger partial charge in [0.15, 0.2) is 17.4 Å². The van der Waals surface area contributed by atoms with Gasteiger partial charge < -0.3 is 10.0 Å². The van der Waals surface area contributed by atoms with Crippen molar-refractivity contribution in [1.82, 2.24) is 4.90 Å². The first-order valence-electron chi connectivity index (χ1n) is 14.1. The molecule has 0 aromatic heterocycles. The molecule has 0 aliphatic carbocycles. The van der Waals surface area contributed by atoms with Gasteiger partial charge in [0.05, 0.1) is 17.0 Å². The van der Waals surface area contributed by atoms with Crippen LogP contribution in [-0.2, 0) is 0 Å². The lowest BCUT2D eigenvalue weighted by Crippen LogP contribution is -2.31. The van der Waals surface area contributed by atoms with E-state index < -0.39 is 17.4 Å². The van der Waals surface area contributed by atoms with Crippen LogP contribution in [0.25, 0.3) is 5.57 Å². The standard InChI is InChI=1S/C24H32F2N2O.C6H14.C3H8O/c1-8-11-18(12-9-2)28(7)22(10-3)21(27-6)15-16(4)19-13-14-20(17(5)29)24(26)23(19)25;1-5-6(2,3)4;1-2-3-4/h10,13-15,18H,3,6,8-9,11-12H2,1-2,4-5,7H3;5H2,1-4H3;4H,2-3H2,1H3/b16-15+,22-21-;;. The second kappa shape index (κ2) is 20.3. The van der Waals surface area contributed by atoms with Crippen LogP contribution in [0, 0.1) is 17.0 Å². The van der Waals surface area contributed by atoms with Crippen LogP contribution in [-0.4, -0.2) is 42.2 Å². The quantitative estimate of drug-likeness (QED) is 0.161. The summed E-state index contributed by atoms with van der Waals surface area (Å²) in [5.74, 6) is -2.69. The number of benzene rings is 1. The maximum atomic E-state index is 14.5. The lowest BCUT2D eigenvalue weighted by molar-refractivity contribution is 0.101. The molecule has 0 heterocycles. The van der Waals surface area contributed by atoms with Crippen molar-refractivity contribution in [2.75, 3.05) is 13.7 Å². The zero-order valence-corrected chi connectivity index (χ0v) is 26.3. The highest BCUT2D eigenvalue weighted by atomic mass is 19.2. The predicted molar refractivity (Wildman–Crippen MR) is 165 cm³/mol. The van der Waals surface area contributed by atoms with E-state index in [2.05, 4.69) is 64.7 Å². The van der Waals surface area contributed by atoms with Gasteiger partial charge in [0.25, 0.3) is 0 Å². The maximum Gasteiger partial charge on any atom is 0.170 e. The second-order valence-corrected chi connectivity index (χ2v) is 10.8. The fourth-order valence-corrected chi connectivity index (χ4v) is 3.43. The topological polar surface area (TPSA) is 52.9 Å². The molecule has 0 saturated heterocycles. The molecular weight excluding hydrogens is 494 g/mol. The van der Waals surface area contributed by atoms with Crippen LogP contribution in [0.3, 0.4) is 0 Å². The highest BCUT2D eigenvalue weighted by Crippen LogP contribution is 2.27. The molecule has 1 aromatic rings. The zero-order chi connectivity index (χ0) is 30.8. The number of hydrogen-bond donors (Lipinski definition) is 1. The fraction of sp³-hybridized carbons (Fsp3) is 0.576. The van der Waals surface area contributed by atoms with Gasteiger partial charge in [0.2, 0.25) is 0 Å². The molecule has 39 heavy (non-hydrogen) atoms. The van der Waals surface area contributed by atoms with Crippen LogP contribution in [0.2, 0.25) is 0 Å². The number of aliphatic imine (C=N–C) groups is 1. The van der Waals surface area contributed by atoms with Gasteiger partial charge in [-0.05, 0) is 69.0 Å². The number of aliphatic hydroxyl groups excluding tert-OH is 1. The minimum absolute atomic E-state index is 0.0818. The van der Waals surface area contributed by atoms with E-state index in [1.807, 2.05) is 14.0 Å². The largest absolute Gasteiger partial charge is 0.396 e. The summed E-state index contributed by atoms with van der Waals surface area (Å²) in [6, 6.07) is 3.04. The highest BCUT2D eigenvalue weighted by molar-refractivity contribution is 5.94. The Morgan fingerprint density at radius 2 is 1.46 bits per heavy atom. The third-order valence-electron chi connectivity index (χ3n) is 6.32. The first-order chi connectivity index (χ1) is 18.2. The van der Waals surface area contributed by atoms with Gasteiger partial charge in [-0.1, -0.05) is 80.4 Å². The number of halogens is 2. The van der Waals surface area contributed by atoms with Crippen LogP contribution in [0.4, 0.5) is 8.78 Å². The molecule has 4 nitrogen and oxygen atoms in total. The normalized spacial score (nSPS) is 12.0. The lowest BCUT2D eigenvalue weighted by Gasteiger charge is -2.31. The SMILES string of the molecule is C=C/C(=C(\C=C(/C)c1ccc(C(C)=O)c(F)c1F)N=C)N(C)C(CCC)CCC.CCC(C)(C)C.CCCO. The fourth-order valence-electron chi connectivity index (χ4n) is 3.43. The second-order valence-electron chi connectivity index (χ2n) is 10.8. The summed E-state index contributed by atoms with van der Waals surface area (Å²) in [5, 5.41) is 7.88. The molecule has 0 aliphatic heterocycles. The van der Waals surface area contributed by atoms with Crippen LogP contribution < -0.4 is 0 Å². The molecule has 0 fully saturated rings. The van der Waals surface area contributed by atoms with Gasteiger partial charge in [-0.15, -0.1) is 0 Å². The Morgan fingerprint density at radius 3 is 1.79 bits per heavy atom. The van der Waals surface area contributed by atoms with E-state index >= 15 is 0 Å². The summed E-state index contributed by atoms with van der Waals surface area (Å²) in [4.78, 5) is 17.7. The molecule has 0 radical (unpaired) electrons. The molecule has 1 aromatic carbocycles. The first-order valence-corrected chi connectivity index (χ1v) is 14.1. The van der Waals surface area contributed by atoms with E-state index in [9.17, 15) is 13.6 Å². The summed E-state index contributed by atoms with van der Waals surface area (Å²) in [5.41, 5.74) is 2.16. The Labute approximate surface area is 237 Å². The van der Waals surface area contributed by atoms with E-state index in [4.69, 9.17) is 5.11 Å². The Kier molecular flexibility index (Phi) is 20.1. The highest BCUT2D eigenvalue weighted by Gasteiger charge is 2.19. The van der Waals surface area contributed by atoms with E-state index in [1.54, 1.807) is 19.1 Å². The van der Waals surface area contributed by atoms with Crippen LogP contribution in [0.5, 0.6) is 0 Å². The van der Waals surface area contributed by atoms with Gasteiger partial charge in [0.1, 0.15) is 0 Å². The number of aliphatic hydroxyl groups is 1. The third kappa shape index (κ3) is 14.4. The Morgan fingerprint density at radius 1 is 1.03 bits per heavy atom. The van der Waals surface area contributed by atoms with Crippen LogP contribution in [0.15, 0.2) is 47.3 Å². The molecule has 0 atom stereocenters. The van der Waals surface area contributed by atoms with E-state index in [0.29, 0.717) is 29.3 Å². The minimum Gasteiger partial charge on any atom is -0.396 e. The number of likely N-dealkylation sites (N-methyl/N-ethyl adjacent to an activating group) is 1. The lowest BCUT2D eigenvalue weighted by atomic mass is 9.94. The Balaban J connectivity index is 0. The van der Waals surface area contributed by atoms with Crippen molar-refractivity contribution in [3.63, 3.8) is 0 Å². The smallest absolute Gasteiger partial charge is 0.170 e. The van der Waals surface area contributed by atoms with Gasteiger partial charge in [-0.25, -0.2) is 8.78 Å². The number of rotatable bonds is 12. The Bertz CT molecular complexity index is 951. The van der Waals surface area contributed by atoms with Crippen molar-refractivity contribution in [2.45, 2.75) is 107 Å². The molecule has 0 saturated carbocycles. The molecule has 0 unspecified atom stereocenters. The molecule has 1 rings (SSSR count). The van der Waals surface area contributed by atoms with E-state index in [1.165, 1.54) is 25.5 Å². The number of ketones is 1. The summed E-state index contributed by atoms with van der Waals surface area (Å²) in [7, 11) is 1.99. The van der Waals surface area contributed by atoms with Crippen molar-refractivity contribution in [1.29, 1.82) is 0 Å². The van der Waals surface area contributed by atoms with E-state index in [0.717, 1.165) is 37.8 Å². The van der Waals surface area contributed by atoms with Crippen LogP contribution >= 0.6 is 0 Å². The van der Waals surface area contributed by atoms with Gasteiger partial charge in [-0.2, -0.15) is 0 Å².